The highest BCUT2D eigenvalue weighted by Gasteiger charge is 2.51. The molecule has 7 rings (SSSR count). The zero-order valence-corrected chi connectivity index (χ0v) is 19.7. The van der Waals surface area contributed by atoms with Gasteiger partial charge in [0.15, 0.2) is 0 Å². The average Bonchev–Trinajstić information content (AvgIpc) is 2.81. The number of carboxylic acid groups (broad SMARTS) is 1. The first kappa shape index (κ1) is 21.5. The molecule has 34 heavy (non-hydrogen) atoms. The van der Waals surface area contributed by atoms with Crippen LogP contribution < -0.4 is 10.1 Å². The van der Waals surface area contributed by atoms with Crippen LogP contribution in [0.4, 0.5) is 11.4 Å². The van der Waals surface area contributed by atoms with E-state index in [2.05, 4.69) is 17.4 Å². The van der Waals surface area contributed by atoms with Gasteiger partial charge in [0, 0.05) is 5.69 Å². The van der Waals surface area contributed by atoms with Crippen molar-refractivity contribution in [3.8, 4) is 11.5 Å². The summed E-state index contributed by atoms with van der Waals surface area (Å²) in [7, 11) is 0. The monoisotopic (exact) mass is 473 g/mol. The number of benzene rings is 3. The Labute approximate surface area is 204 Å². The predicted molar refractivity (Wildman–Crippen MR) is 135 cm³/mol. The molecule has 0 aliphatic heterocycles. The maximum Gasteiger partial charge on any atom is 0.337 e. The first-order chi connectivity index (χ1) is 16.5. The van der Waals surface area contributed by atoms with E-state index >= 15 is 0 Å². The normalized spacial score (nSPS) is 26.9. The molecule has 3 aromatic rings. The lowest BCUT2D eigenvalue weighted by Crippen LogP contribution is -2.48. The Morgan fingerprint density at radius 3 is 2.18 bits per heavy atom. The van der Waals surface area contributed by atoms with Crippen molar-refractivity contribution in [3.63, 3.8) is 0 Å². The van der Waals surface area contributed by atoms with E-state index in [1.165, 1.54) is 44.1 Å². The Balaban J connectivity index is 1.17. The summed E-state index contributed by atoms with van der Waals surface area (Å²) < 4.78 is 6.10. The quantitative estimate of drug-likeness (QED) is 0.380. The lowest BCUT2D eigenvalue weighted by molar-refractivity contribution is -0.00519. The first-order valence-corrected chi connectivity index (χ1v) is 12.5. The summed E-state index contributed by atoms with van der Waals surface area (Å²) in [5.74, 6) is 3.07. The number of ether oxygens (including phenoxy) is 1. The van der Waals surface area contributed by atoms with Crippen LogP contribution in [0.5, 0.6) is 11.5 Å². The minimum Gasteiger partial charge on any atom is -0.478 e. The number of para-hydroxylation sites is 1. The fraction of sp³-hybridized carbons (Fsp3) is 0.345. The molecule has 4 nitrogen and oxygen atoms in total. The highest BCUT2D eigenvalue weighted by molar-refractivity contribution is 6.32. The minimum atomic E-state index is -0.963. The van der Waals surface area contributed by atoms with Gasteiger partial charge < -0.3 is 15.2 Å². The molecule has 0 spiro atoms. The molecule has 0 aromatic heterocycles. The Kier molecular flexibility index (Phi) is 5.29. The molecule has 0 amide bonds. The van der Waals surface area contributed by atoms with Gasteiger partial charge in [-0.3, -0.25) is 0 Å². The zero-order valence-electron chi connectivity index (χ0n) is 19.0. The molecule has 174 valence electrons. The van der Waals surface area contributed by atoms with E-state index in [0.717, 1.165) is 23.4 Å². The molecule has 0 saturated heterocycles. The third kappa shape index (κ3) is 3.94. The second-order valence-electron chi connectivity index (χ2n) is 10.4. The smallest absolute Gasteiger partial charge is 0.337 e. The lowest BCUT2D eigenvalue weighted by atomic mass is 9.48. The van der Waals surface area contributed by atoms with E-state index in [1.54, 1.807) is 24.3 Å². The van der Waals surface area contributed by atoms with Gasteiger partial charge in [0.2, 0.25) is 0 Å². The molecule has 4 saturated carbocycles. The summed E-state index contributed by atoms with van der Waals surface area (Å²) >= 11 is 6.71. The Bertz CT molecular complexity index is 1200. The maximum atomic E-state index is 11.4. The van der Waals surface area contributed by atoms with Crippen LogP contribution in [0.3, 0.4) is 0 Å². The molecule has 4 aliphatic carbocycles. The van der Waals surface area contributed by atoms with Gasteiger partial charge in [-0.15, -0.1) is 0 Å². The largest absolute Gasteiger partial charge is 0.478 e. The first-order valence-electron chi connectivity index (χ1n) is 12.1. The fourth-order valence-corrected chi connectivity index (χ4v) is 7.26. The van der Waals surface area contributed by atoms with Crippen molar-refractivity contribution >= 4 is 28.9 Å². The van der Waals surface area contributed by atoms with Gasteiger partial charge >= 0.3 is 5.97 Å². The minimum absolute atomic E-state index is 0.230. The molecule has 4 bridgehead atoms. The number of aromatic carboxylic acids is 1. The third-order valence-corrected chi connectivity index (χ3v) is 8.40. The van der Waals surface area contributed by atoms with Gasteiger partial charge in [-0.05, 0) is 116 Å². The number of halogens is 1. The van der Waals surface area contributed by atoms with Gasteiger partial charge in [-0.25, -0.2) is 4.79 Å². The SMILES string of the molecule is O=C(O)c1ccccc1Nc1ccc(Oc2ccc(C34CC5CC(CC(C5)C3)C4)cc2Cl)cc1. The molecule has 3 aromatic carbocycles. The second-order valence-corrected chi connectivity index (χ2v) is 10.9. The molecule has 0 atom stereocenters. The number of rotatable bonds is 6. The van der Waals surface area contributed by atoms with Crippen LogP contribution in [-0.4, -0.2) is 11.1 Å². The van der Waals surface area contributed by atoms with E-state index in [-0.39, 0.29) is 5.56 Å². The fourth-order valence-electron chi connectivity index (χ4n) is 7.05. The van der Waals surface area contributed by atoms with Gasteiger partial charge in [0.25, 0.3) is 0 Å². The summed E-state index contributed by atoms with van der Waals surface area (Å²) in [5, 5.41) is 13.2. The number of nitrogens with one attached hydrogen (secondary N) is 1. The van der Waals surface area contributed by atoms with Crippen LogP contribution >= 0.6 is 11.6 Å². The number of hydrogen-bond donors (Lipinski definition) is 2. The number of hydrogen-bond acceptors (Lipinski definition) is 3. The van der Waals surface area contributed by atoms with Crippen molar-refractivity contribution in [1.29, 1.82) is 0 Å². The summed E-state index contributed by atoms with van der Waals surface area (Å²) in [6, 6.07) is 20.7. The Morgan fingerprint density at radius 1 is 0.912 bits per heavy atom. The van der Waals surface area contributed by atoms with Crippen molar-refractivity contribution in [2.75, 3.05) is 5.32 Å². The van der Waals surface area contributed by atoms with Gasteiger partial charge in [-0.2, -0.15) is 0 Å². The highest BCUT2D eigenvalue weighted by Crippen LogP contribution is 2.61. The molecule has 0 radical (unpaired) electrons. The van der Waals surface area contributed by atoms with E-state index < -0.39 is 5.97 Å². The van der Waals surface area contributed by atoms with Crippen molar-refractivity contribution in [2.45, 2.75) is 43.9 Å². The molecule has 0 heterocycles. The van der Waals surface area contributed by atoms with E-state index in [1.807, 2.05) is 30.3 Å². The maximum absolute atomic E-state index is 11.4. The highest BCUT2D eigenvalue weighted by atomic mass is 35.5. The van der Waals surface area contributed by atoms with Crippen molar-refractivity contribution < 1.29 is 14.6 Å². The molecular formula is C29H28ClNO3. The van der Waals surface area contributed by atoms with Crippen LogP contribution in [0.2, 0.25) is 5.02 Å². The summed E-state index contributed by atoms with van der Waals surface area (Å²) in [5.41, 5.74) is 3.27. The van der Waals surface area contributed by atoms with E-state index in [4.69, 9.17) is 16.3 Å². The third-order valence-electron chi connectivity index (χ3n) is 8.10. The standard InChI is InChI=1S/C29H28ClNO3/c30-25-14-21(29-15-18-11-19(16-29)13-20(12-18)17-29)5-10-27(25)34-23-8-6-22(7-9-23)31-26-4-2-1-3-24(26)28(32)33/h1-10,14,18-20,31H,11-13,15-17H2,(H,32,33). The van der Waals surface area contributed by atoms with Crippen LogP contribution in [0.1, 0.15) is 54.4 Å². The van der Waals surface area contributed by atoms with Crippen molar-refractivity contribution in [1.82, 2.24) is 0 Å². The zero-order chi connectivity index (χ0) is 23.3. The van der Waals surface area contributed by atoms with Gasteiger partial charge in [-0.1, -0.05) is 29.8 Å². The molecule has 0 unspecified atom stereocenters. The second kappa shape index (κ2) is 8.35. The van der Waals surface area contributed by atoms with Crippen LogP contribution in [0.25, 0.3) is 0 Å². The van der Waals surface area contributed by atoms with Crippen molar-refractivity contribution in [3.05, 3.63) is 82.9 Å². The Morgan fingerprint density at radius 2 is 1.56 bits per heavy atom. The van der Waals surface area contributed by atoms with Crippen LogP contribution in [-0.2, 0) is 5.41 Å². The van der Waals surface area contributed by atoms with E-state index in [9.17, 15) is 9.90 Å². The van der Waals surface area contributed by atoms with Gasteiger partial charge in [0.1, 0.15) is 11.5 Å². The lowest BCUT2D eigenvalue weighted by Gasteiger charge is -2.57. The molecule has 5 heteroatoms. The molecule has 2 N–H and O–H groups in total. The predicted octanol–water partition coefficient (Wildman–Crippen LogP) is 8.04. The molecule has 4 aliphatic rings. The van der Waals surface area contributed by atoms with Crippen LogP contribution in [0.15, 0.2) is 66.7 Å². The number of carbonyl (C=O) groups is 1. The molecular weight excluding hydrogens is 446 g/mol. The summed E-state index contributed by atoms with van der Waals surface area (Å²) in [4.78, 5) is 11.4. The van der Waals surface area contributed by atoms with Crippen LogP contribution in [0, 0.1) is 17.8 Å². The topological polar surface area (TPSA) is 58.6 Å². The average molecular weight is 474 g/mol. The van der Waals surface area contributed by atoms with Crippen molar-refractivity contribution in [2.24, 2.45) is 17.8 Å². The van der Waals surface area contributed by atoms with Gasteiger partial charge in [0.05, 0.1) is 16.3 Å². The Hall–Kier alpha value is -2.98. The van der Waals surface area contributed by atoms with E-state index in [0.29, 0.717) is 27.6 Å². The number of carboxylic acids is 1. The summed E-state index contributed by atoms with van der Waals surface area (Å²) in [6.07, 6.45) is 8.24. The molecule has 4 fully saturated rings. The number of anilines is 2. The summed E-state index contributed by atoms with van der Waals surface area (Å²) in [6.45, 7) is 0.